The van der Waals surface area contributed by atoms with Crippen LogP contribution in [-0.2, 0) is 17.8 Å². The molecule has 1 aliphatic heterocycles. The van der Waals surface area contributed by atoms with Gasteiger partial charge in [0.1, 0.15) is 5.82 Å². The van der Waals surface area contributed by atoms with E-state index in [1.165, 1.54) is 6.07 Å². The Morgan fingerprint density at radius 3 is 2.73 bits per heavy atom. The van der Waals surface area contributed by atoms with Gasteiger partial charge in [0.2, 0.25) is 5.91 Å². The lowest BCUT2D eigenvalue weighted by molar-refractivity contribution is -0.133. The van der Waals surface area contributed by atoms with Crippen LogP contribution in [0.25, 0.3) is 0 Å². The molecular formula is C20H25ClFN3O. The van der Waals surface area contributed by atoms with Crippen LogP contribution in [0.4, 0.5) is 4.39 Å². The third-order valence-electron chi connectivity index (χ3n) is 4.66. The molecule has 0 spiro atoms. The van der Waals surface area contributed by atoms with Crippen LogP contribution >= 0.6 is 12.4 Å². The number of amides is 1. The van der Waals surface area contributed by atoms with Crippen molar-refractivity contribution < 1.29 is 9.18 Å². The van der Waals surface area contributed by atoms with Gasteiger partial charge < -0.3 is 10.2 Å². The van der Waals surface area contributed by atoms with Gasteiger partial charge in [-0.1, -0.05) is 24.3 Å². The van der Waals surface area contributed by atoms with Crippen LogP contribution in [0.2, 0.25) is 0 Å². The van der Waals surface area contributed by atoms with E-state index >= 15 is 0 Å². The van der Waals surface area contributed by atoms with Crippen molar-refractivity contribution in [2.45, 2.75) is 38.3 Å². The monoisotopic (exact) mass is 377 g/mol. The number of benzene rings is 1. The molecule has 0 aliphatic carbocycles. The summed E-state index contributed by atoms with van der Waals surface area (Å²) in [6.07, 6.45) is 4.74. The SMILES string of the molecule is Cl.O=C(Cc1ccccc1F)N(Cc1ccccn1)C1CCCNCC1. The Morgan fingerprint density at radius 2 is 1.96 bits per heavy atom. The third-order valence-corrected chi connectivity index (χ3v) is 4.66. The van der Waals surface area contributed by atoms with Crippen LogP contribution in [0.15, 0.2) is 48.7 Å². The molecule has 0 radical (unpaired) electrons. The van der Waals surface area contributed by atoms with E-state index in [1.807, 2.05) is 23.1 Å². The number of hydrogen-bond acceptors (Lipinski definition) is 3. The highest BCUT2D eigenvalue weighted by Crippen LogP contribution is 2.19. The molecule has 1 N–H and O–H groups in total. The van der Waals surface area contributed by atoms with E-state index in [0.29, 0.717) is 12.1 Å². The summed E-state index contributed by atoms with van der Waals surface area (Å²) < 4.78 is 14.0. The van der Waals surface area contributed by atoms with Crippen LogP contribution in [0.1, 0.15) is 30.5 Å². The molecule has 2 heterocycles. The van der Waals surface area contributed by atoms with Gasteiger partial charge in [0, 0.05) is 12.2 Å². The zero-order valence-corrected chi connectivity index (χ0v) is 15.6. The zero-order chi connectivity index (χ0) is 17.5. The summed E-state index contributed by atoms with van der Waals surface area (Å²) in [6.45, 7) is 2.35. The summed E-state index contributed by atoms with van der Waals surface area (Å²) in [5.41, 5.74) is 1.31. The number of carbonyl (C=O) groups excluding carboxylic acids is 1. The molecule has 1 aromatic heterocycles. The molecule has 1 amide bonds. The molecule has 1 aromatic carbocycles. The largest absolute Gasteiger partial charge is 0.333 e. The van der Waals surface area contributed by atoms with Crippen LogP contribution in [0.5, 0.6) is 0 Å². The van der Waals surface area contributed by atoms with E-state index in [2.05, 4.69) is 10.3 Å². The molecule has 0 bridgehead atoms. The number of rotatable bonds is 5. The van der Waals surface area contributed by atoms with Gasteiger partial charge in [-0.05, 0) is 56.1 Å². The minimum atomic E-state index is -0.323. The average Bonchev–Trinajstić information content (AvgIpc) is 2.92. The minimum absolute atomic E-state index is 0. The molecule has 26 heavy (non-hydrogen) atoms. The first-order chi connectivity index (χ1) is 12.2. The van der Waals surface area contributed by atoms with Crippen molar-refractivity contribution in [3.63, 3.8) is 0 Å². The van der Waals surface area contributed by atoms with Gasteiger partial charge in [-0.3, -0.25) is 9.78 Å². The Kier molecular flexibility index (Phi) is 8.01. The predicted octanol–water partition coefficient (Wildman–Crippen LogP) is 3.36. The van der Waals surface area contributed by atoms with Gasteiger partial charge in [-0.25, -0.2) is 4.39 Å². The summed E-state index contributed by atoms with van der Waals surface area (Å²) >= 11 is 0. The number of nitrogens with one attached hydrogen (secondary N) is 1. The lowest BCUT2D eigenvalue weighted by atomic mass is 10.0. The normalized spacial score (nSPS) is 17.0. The van der Waals surface area contributed by atoms with E-state index in [0.717, 1.165) is 38.0 Å². The Balaban J connectivity index is 0.00000243. The maximum absolute atomic E-state index is 14.0. The van der Waals surface area contributed by atoms with Crippen molar-refractivity contribution in [1.29, 1.82) is 0 Å². The Morgan fingerprint density at radius 1 is 1.15 bits per heavy atom. The molecule has 0 saturated carbocycles. The summed E-state index contributed by atoms with van der Waals surface area (Å²) in [5.74, 6) is -0.362. The Labute approximate surface area is 160 Å². The summed E-state index contributed by atoms with van der Waals surface area (Å²) in [6, 6.07) is 12.4. The molecule has 1 saturated heterocycles. The topological polar surface area (TPSA) is 45.2 Å². The van der Waals surface area contributed by atoms with Gasteiger partial charge in [-0.15, -0.1) is 12.4 Å². The second kappa shape index (κ2) is 10.2. The van der Waals surface area contributed by atoms with Crippen LogP contribution in [0, 0.1) is 5.82 Å². The fourth-order valence-corrected chi connectivity index (χ4v) is 3.31. The predicted molar refractivity (Wildman–Crippen MR) is 103 cm³/mol. The lowest BCUT2D eigenvalue weighted by Crippen LogP contribution is -2.41. The van der Waals surface area contributed by atoms with E-state index in [4.69, 9.17) is 0 Å². The standard InChI is InChI=1S/C20H24FN3O.ClH/c21-19-9-2-1-6-16(19)14-20(25)24(15-17-7-3-4-12-23-17)18-8-5-11-22-13-10-18;/h1-4,6-7,9,12,18,22H,5,8,10-11,13-15H2;1H. The van der Waals surface area contributed by atoms with Crippen molar-refractivity contribution in [2.75, 3.05) is 13.1 Å². The number of carbonyl (C=O) groups is 1. The number of halogens is 2. The Bertz CT molecular complexity index is 690. The maximum atomic E-state index is 14.0. The minimum Gasteiger partial charge on any atom is -0.333 e. The van der Waals surface area contributed by atoms with Crippen molar-refractivity contribution in [2.24, 2.45) is 0 Å². The molecule has 4 nitrogen and oxygen atoms in total. The number of nitrogens with zero attached hydrogens (tertiary/aromatic N) is 2. The highest BCUT2D eigenvalue weighted by atomic mass is 35.5. The maximum Gasteiger partial charge on any atom is 0.227 e. The molecule has 3 rings (SSSR count). The Hall–Kier alpha value is -1.98. The molecule has 1 fully saturated rings. The zero-order valence-electron chi connectivity index (χ0n) is 14.7. The fraction of sp³-hybridized carbons (Fsp3) is 0.400. The summed E-state index contributed by atoms with van der Waals surface area (Å²) in [5, 5.41) is 3.38. The number of pyridine rings is 1. The van der Waals surface area contributed by atoms with Crippen molar-refractivity contribution in [1.82, 2.24) is 15.2 Å². The summed E-state index contributed by atoms with van der Waals surface area (Å²) in [7, 11) is 0. The fourth-order valence-electron chi connectivity index (χ4n) is 3.31. The quantitative estimate of drug-likeness (QED) is 0.869. The average molecular weight is 378 g/mol. The van der Waals surface area contributed by atoms with Crippen molar-refractivity contribution in [3.8, 4) is 0 Å². The highest BCUT2D eigenvalue weighted by molar-refractivity contribution is 5.85. The van der Waals surface area contributed by atoms with Crippen LogP contribution in [0.3, 0.4) is 0 Å². The molecular weight excluding hydrogens is 353 g/mol. The van der Waals surface area contributed by atoms with Crippen molar-refractivity contribution >= 4 is 18.3 Å². The van der Waals surface area contributed by atoms with Gasteiger partial charge >= 0.3 is 0 Å². The highest BCUT2D eigenvalue weighted by Gasteiger charge is 2.25. The van der Waals surface area contributed by atoms with E-state index < -0.39 is 0 Å². The molecule has 1 aliphatic rings. The van der Waals surface area contributed by atoms with Gasteiger partial charge in [0.25, 0.3) is 0 Å². The molecule has 6 heteroatoms. The smallest absolute Gasteiger partial charge is 0.227 e. The molecule has 140 valence electrons. The van der Waals surface area contributed by atoms with E-state index in [-0.39, 0.29) is 36.6 Å². The first kappa shape index (κ1) is 20.3. The lowest BCUT2D eigenvalue weighted by Gasteiger charge is -2.31. The van der Waals surface area contributed by atoms with E-state index in [1.54, 1.807) is 24.4 Å². The van der Waals surface area contributed by atoms with Gasteiger partial charge in [-0.2, -0.15) is 0 Å². The van der Waals surface area contributed by atoms with E-state index in [9.17, 15) is 9.18 Å². The second-order valence-electron chi connectivity index (χ2n) is 6.45. The first-order valence-electron chi connectivity index (χ1n) is 8.87. The van der Waals surface area contributed by atoms with Gasteiger partial charge in [0.05, 0.1) is 18.7 Å². The molecule has 2 aromatic rings. The molecule has 1 atom stereocenters. The van der Waals surface area contributed by atoms with Gasteiger partial charge in [0.15, 0.2) is 0 Å². The van der Waals surface area contributed by atoms with Crippen molar-refractivity contribution in [3.05, 3.63) is 65.7 Å². The third kappa shape index (κ3) is 5.51. The second-order valence-corrected chi connectivity index (χ2v) is 6.45. The first-order valence-corrected chi connectivity index (χ1v) is 8.87. The molecule has 1 unspecified atom stereocenters. The van der Waals surface area contributed by atoms with Crippen LogP contribution < -0.4 is 5.32 Å². The number of aromatic nitrogens is 1. The summed E-state index contributed by atoms with van der Waals surface area (Å²) in [4.78, 5) is 19.2. The van der Waals surface area contributed by atoms with Crippen LogP contribution in [-0.4, -0.2) is 34.9 Å². The number of hydrogen-bond donors (Lipinski definition) is 1.